The topological polar surface area (TPSA) is 60.3 Å². The van der Waals surface area contributed by atoms with Crippen LogP contribution in [0.4, 0.5) is 0 Å². The first kappa shape index (κ1) is 10.4. The van der Waals surface area contributed by atoms with Crippen LogP contribution < -0.4 is 10.7 Å². The molecule has 1 atom stereocenters. The number of thioether (sulfide) groups is 1. The van der Waals surface area contributed by atoms with E-state index in [1.807, 2.05) is 27.0 Å². The van der Waals surface area contributed by atoms with E-state index in [1.165, 1.54) is 0 Å². The van der Waals surface area contributed by atoms with Crippen LogP contribution in [0.3, 0.4) is 0 Å². The largest absolute Gasteiger partial charge is 0.339 e. The minimum atomic E-state index is -0.0829. The number of nitrogens with zero attached hydrogens (tertiary/aromatic N) is 1. The number of hydrogen-bond acceptors (Lipinski definition) is 4. The molecule has 0 saturated heterocycles. The zero-order valence-corrected chi connectivity index (χ0v) is 9.25. The predicted molar refractivity (Wildman–Crippen MR) is 58.2 cm³/mol. The summed E-state index contributed by atoms with van der Waals surface area (Å²) in [5.74, 6) is 0.422. The van der Waals surface area contributed by atoms with Crippen molar-refractivity contribution in [2.45, 2.75) is 26.3 Å². The van der Waals surface area contributed by atoms with Gasteiger partial charge in [0, 0.05) is 5.41 Å². The Morgan fingerprint density at radius 3 is 2.46 bits per heavy atom. The number of hydrogen-bond donors (Lipinski definition) is 3. The maximum Gasteiger partial charge on any atom is 0.161 e. The SMILES string of the molecule is CSC1NN=C(C(C)(C)C)C(=N)N1. The Balaban J connectivity index is 2.79. The van der Waals surface area contributed by atoms with Gasteiger partial charge in [0.05, 0.1) is 0 Å². The van der Waals surface area contributed by atoms with Crippen LogP contribution in [0.2, 0.25) is 0 Å². The fraction of sp³-hybridized carbons (Fsp3) is 0.750. The van der Waals surface area contributed by atoms with Gasteiger partial charge in [-0.05, 0) is 6.26 Å². The fourth-order valence-electron chi connectivity index (χ4n) is 1.07. The van der Waals surface area contributed by atoms with Gasteiger partial charge in [-0.25, -0.2) is 0 Å². The quantitative estimate of drug-likeness (QED) is 0.596. The van der Waals surface area contributed by atoms with Crippen LogP contribution in [0.5, 0.6) is 0 Å². The van der Waals surface area contributed by atoms with Crippen molar-refractivity contribution < 1.29 is 0 Å². The first-order valence-corrected chi connectivity index (χ1v) is 5.46. The number of nitrogens with one attached hydrogen (secondary N) is 3. The molecule has 74 valence electrons. The molecule has 1 heterocycles. The van der Waals surface area contributed by atoms with Crippen molar-refractivity contribution in [3.8, 4) is 0 Å². The Labute approximate surface area is 83.1 Å². The summed E-state index contributed by atoms with van der Waals surface area (Å²) in [7, 11) is 0. The number of hydrazone groups is 1. The van der Waals surface area contributed by atoms with Gasteiger partial charge in [0.25, 0.3) is 0 Å². The van der Waals surface area contributed by atoms with E-state index in [0.717, 1.165) is 5.71 Å². The highest BCUT2D eigenvalue weighted by Crippen LogP contribution is 2.18. The molecule has 1 aliphatic rings. The number of rotatable bonds is 1. The lowest BCUT2D eigenvalue weighted by Gasteiger charge is -2.30. The zero-order valence-electron chi connectivity index (χ0n) is 8.43. The van der Waals surface area contributed by atoms with Gasteiger partial charge < -0.3 is 5.32 Å². The molecule has 0 amide bonds. The van der Waals surface area contributed by atoms with Crippen LogP contribution in [0.1, 0.15) is 20.8 Å². The van der Waals surface area contributed by atoms with Crippen LogP contribution in [0.15, 0.2) is 5.10 Å². The monoisotopic (exact) mass is 200 g/mol. The van der Waals surface area contributed by atoms with Gasteiger partial charge in [0.1, 0.15) is 11.5 Å². The lowest BCUT2D eigenvalue weighted by atomic mass is 9.89. The summed E-state index contributed by atoms with van der Waals surface area (Å²) in [6.07, 6.45) is 1.97. The fourth-order valence-corrected chi connectivity index (χ4v) is 1.46. The molecule has 0 radical (unpaired) electrons. The Kier molecular flexibility index (Phi) is 2.85. The van der Waals surface area contributed by atoms with Gasteiger partial charge >= 0.3 is 0 Å². The van der Waals surface area contributed by atoms with Crippen LogP contribution in [-0.2, 0) is 0 Å². The van der Waals surface area contributed by atoms with Gasteiger partial charge in [-0.1, -0.05) is 20.8 Å². The van der Waals surface area contributed by atoms with Gasteiger partial charge in [-0.2, -0.15) is 5.10 Å². The van der Waals surface area contributed by atoms with E-state index < -0.39 is 0 Å². The molecule has 1 rings (SSSR count). The number of amidine groups is 1. The van der Waals surface area contributed by atoms with E-state index in [1.54, 1.807) is 11.8 Å². The molecular formula is C8H16N4S. The Morgan fingerprint density at radius 1 is 1.46 bits per heavy atom. The molecule has 0 bridgehead atoms. The highest BCUT2D eigenvalue weighted by Gasteiger charge is 2.27. The van der Waals surface area contributed by atoms with E-state index in [-0.39, 0.29) is 10.9 Å². The van der Waals surface area contributed by atoms with Gasteiger partial charge in [0.15, 0.2) is 5.50 Å². The van der Waals surface area contributed by atoms with Crippen molar-refractivity contribution in [2.24, 2.45) is 10.5 Å². The average Bonchev–Trinajstić information content (AvgIpc) is 2.01. The molecular weight excluding hydrogens is 184 g/mol. The van der Waals surface area contributed by atoms with Crippen LogP contribution in [0.25, 0.3) is 0 Å². The van der Waals surface area contributed by atoms with Crippen LogP contribution in [0, 0.1) is 10.8 Å². The second kappa shape index (κ2) is 3.57. The summed E-state index contributed by atoms with van der Waals surface area (Å²) in [6.45, 7) is 6.13. The molecule has 0 aromatic heterocycles. The highest BCUT2D eigenvalue weighted by molar-refractivity contribution is 7.99. The smallest absolute Gasteiger partial charge is 0.161 e. The molecule has 0 aliphatic carbocycles. The average molecular weight is 200 g/mol. The Bertz CT molecular complexity index is 241. The lowest BCUT2D eigenvalue weighted by molar-refractivity contribution is 0.558. The first-order valence-electron chi connectivity index (χ1n) is 4.17. The Morgan fingerprint density at radius 2 is 2.08 bits per heavy atom. The molecule has 0 aromatic carbocycles. The molecule has 1 aliphatic heterocycles. The maximum atomic E-state index is 7.74. The van der Waals surface area contributed by atoms with Crippen molar-refractivity contribution in [2.75, 3.05) is 6.26 Å². The first-order chi connectivity index (χ1) is 5.95. The van der Waals surface area contributed by atoms with E-state index in [2.05, 4.69) is 15.8 Å². The standard InChI is InChI=1S/C8H16N4S/c1-8(2,3)5-6(9)10-7(13-4)12-11-5/h7,12H,1-4H3,(H2,9,10). The van der Waals surface area contributed by atoms with Crippen molar-refractivity contribution in [3.05, 3.63) is 0 Å². The third-order valence-corrected chi connectivity index (χ3v) is 2.45. The van der Waals surface area contributed by atoms with Crippen LogP contribution in [-0.4, -0.2) is 23.3 Å². The molecule has 0 aromatic rings. The normalized spacial score (nSPS) is 23.2. The van der Waals surface area contributed by atoms with E-state index in [4.69, 9.17) is 5.41 Å². The third-order valence-electron chi connectivity index (χ3n) is 1.75. The summed E-state index contributed by atoms with van der Waals surface area (Å²) in [4.78, 5) is 0. The molecule has 0 spiro atoms. The second-order valence-corrected chi connectivity index (χ2v) is 4.92. The zero-order chi connectivity index (χ0) is 10.1. The second-order valence-electron chi connectivity index (χ2n) is 3.97. The maximum absolute atomic E-state index is 7.74. The molecule has 1 unspecified atom stereocenters. The van der Waals surface area contributed by atoms with Crippen molar-refractivity contribution in [1.82, 2.24) is 10.7 Å². The summed E-state index contributed by atoms with van der Waals surface area (Å²) in [5, 5.41) is 15.0. The van der Waals surface area contributed by atoms with Gasteiger partial charge in [-0.15, -0.1) is 11.8 Å². The van der Waals surface area contributed by atoms with Crippen molar-refractivity contribution in [3.63, 3.8) is 0 Å². The molecule has 3 N–H and O–H groups in total. The van der Waals surface area contributed by atoms with Crippen LogP contribution >= 0.6 is 11.8 Å². The molecule has 4 nitrogen and oxygen atoms in total. The summed E-state index contributed by atoms with van der Waals surface area (Å²) >= 11 is 1.59. The van der Waals surface area contributed by atoms with Crippen molar-refractivity contribution in [1.29, 1.82) is 5.41 Å². The molecule has 5 heteroatoms. The van der Waals surface area contributed by atoms with E-state index >= 15 is 0 Å². The lowest BCUT2D eigenvalue weighted by Crippen LogP contribution is -2.52. The summed E-state index contributed by atoms with van der Waals surface area (Å²) in [6, 6.07) is 0. The highest BCUT2D eigenvalue weighted by atomic mass is 32.2. The molecule has 0 fully saturated rings. The summed E-state index contributed by atoms with van der Waals surface area (Å²) in [5.41, 5.74) is 3.67. The van der Waals surface area contributed by atoms with Gasteiger partial charge in [-0.3, -0.25) is 10.8 Å². The summed E-state index contributed by atoms with van der Waals surface area (Å²) < 4.78 is 0. The van der Waals surface area contributed by atoms with E-state index in [0.29, 0.717) is 5.84 Å². The minimum Gasteiger partial charge on any atom is -0.339 e. The van der Waals surface area contributed by atoms with Crippen molar-refractivity contribution >= 4 is 23.3 Å². The third kappa shape index (κ3) is 2.37. The minimum absolute atomic E-state index is 0.0265. The van der Waals surface area contributed by atoms with Gasteiger partial charge in [0.2, 0.25) is 0 Å². The molecule has 0 saturated carbocycles. The Hall–Kier alpha value is -0.710. The predicted octanol–water partition coefficient (Wildman–Crippen LogP) is 1.21. The van der Waals surface area contributed by atoms with E-state index in [9.17, 15) is 0 Å². The molecule has 13 heavy (non-hydrogen) atoms.